The first-order valence-corrected chi connectivity index (χ1v) is 6.68. The summed E-state index contributed by atoms with van der Waals surface area (Å²) in [6.07, 6.45) is 2.09. The SMILES string of the molecule is COc1cc2c(cc1C)CCc1sc(NN)nc1-2. The Hall–Kier alpha value is -1.59. The van der Waals surface area contributed by atoms with Gasteiger partial charge in [-0.3, -0.25) is 5.43 Å². The molecule has 94 valence electrons. The van der Waals surface area contributed by atoms with Crippen molar-refractivity contribution in [2.45, 2.75) is 19.8 Å². The second-order valence-electron chi connectivity index (χ2n) is 4.41. The first-order valence-electron chi connectivity index (χ1n) is 5.87. The van der Waals surface area contributed by atoms with Crippen LogP contribution in [0.1, 0.15) is 16.0 Å². The summed E-state index contributed by atoms with van der Waals surface area (Å²) >= 11 is 1.63. The molecule has 0 aliphatic heterocycles. The number of fused-ring (bicyclic) bond motifs is 3. The third kappa shape index (κ3) is 1.67. The Kier molecular flexibility index (Phi) is 2.72. The van der Waals surface area contributed by atoms with Crippen molar-refractivity contribution in [1.82, 2.24) is 4.98 Å². The van der Waals surface area contributed by atoms with Gasteiger partial charge in [0, 0.05) is 10.4 Å². The summed E-state index contributed by atoms with van der Waals surface area (Å²) in [7, 11) is 1.70. The highest BCUT2D eigenvalue weighted by Crippen LogP contribution is 2.40. The number of anilines is 1. The van der Waals surface area contributed by atoms with Crippen molar-refractivity contribution < 1.29 is 4.74 Å². The van der Waals surface area contributed by atoms with E-state index in [1.165, 1.54) is 21.6 Å². The van der Waals surface area contributed by atoms with Gasteiger partial charge in [-0.05, 0) is 37.0 Å². The van der Waals surface area contributed by atoms with Crippen LogP contribution < -0.4 is 16.0 Å². The maximum Gasteiger partial charge on any atom is 0.197 e. The number of hydrogen-bond acceptors (Lipinski definition) is 5. The molecule has 5 heteroatoms. The number of nitrogen functional groups attached to an aromatic ring is 1. The second kappa shape index (κ2) is 4.26. The topological polar surface area (TPSA) is 60.2 Å². The lowest BCUT2D eigenvalue weighted by Crippen LogP contribution is -2.06. The van der Waals surface area contributed by atoms with Crippen LogP contribution >= 0.6 is 11.3 Å². The molecule has 1 aromatic heterocycles. The number of ether oxygens (including phenoxy) is 1. The van der Waals surface area contributed by atoms with Crippen LogP contribution in [0.3, 0.4) is 0 Å². The minimum Gasteiger partial charge on any atom is -0.496 e. The molecule has 0 radical (unpaired) electrons. The van der Waals surface area contributed by atoms with Crippen molar-refractivity contribution in [2.75, 3.05) is 12.5 Å². The number of hydrogen-bond donors (Lipinski definition) is 2. The van der Waals surface area contributed by atoms with Gasteiger partial charge in [0.2, 0.25) is 0 Å². The zero-order chi connectivity index (χ0) is 12.7. The maximum absolute atomic E-state index is 5.44. The molecule has 0 unspecified atom stereocenters. The molecule has 0 bridgehead atoms. The van der Waals surface area contributed by atoms with Crippen LogP contribution in [0, 0.1) is 6.92 Å². The Bertz CT molecular complexity index is 607. The summed E-state index contributed by atoms with van der Waals surface area (Å²) in [4.78, 5) is 5.84. The average molecular weight is 261 g/mol. The minimum atomic E-state index is 0.771. The molecule has 0 atom stereocenters. The molecular weight excluding hydrogens is 246 g/mol. The molecule has 1 aliphatic carbocycles. The molecule has 0 amide bonds. The lowest BCUT2D eigenvalue weighted by Gasteiger charge is -2.17. The van der Waals surface area contributed by atoms with E-state index < -0.39 is 0 Å². The first kappa shape index (κ1) is 11.5. The van der Waals surface area contributed by atoms with Crippen molar-refractivity contribution in [3.05, 3.63) is 28.1 Å². The van der Waals surface area contributed by atoms with E-state index in [4.69, 9.17) is 10.6 Å². The molecule has 0 saturated carbocycles. The summed E-state index contributed by atoms with van der Waals surface area (Å²) in [5.74, 6) is 6.35. The van der Waals surface area contributed by atoms with Gasteiger partial charge in [-0.15, -0.1) is 11.3 Å². The number of aryl methyl sites for hydroxylation is 3. The van der Waals surface area contributed by atoms with Gasteiger partial charge in [0.1, 0.15) is 5.75 Å². The monoisotopic (exact) mass is 261 g/mol. The molecule has 0 saturated heterocycles. The van der Waals surface area contributed by atoms with E-state index in [1.807, 2.05) is 0 Å². The van der Waals surface area contributed by atoms with E-state index in [1.54, 1.807) is 18.4 Å². The van der Waals surface area contributed by atoms with Crippen molar-refractivity contribution in [3.8, 4) is 17.0 Å². The van der Waals surface area contributed by atoms with Crippen LogP contribution in [0.25, 0.3) is 11.3 Å². The summed E-state index contributed by atoms with van der Waals surface area (Å²) in [6, 6.07) is 4.29. The van der Waals surface area contributed by atoms with E-state index >= 15 is 0 Å². The van der Waals surface area contributed by atoms with E-state index in [0.717, 1.165) is 29.4 Å². The van der Waals surface area contributed by atoms with Crippen LogP contribution in [0.4, 0.5) is 5.13 Å². The molecule has 4 nitrogen and oxygen atoms in total. The Morgan fingerprint density at radius 2 is 2.22 bits per heavy atom. The Morgan fingerprint density at radius 3 is 2.94 bits per heavy atom. The van der Waals surface area contributed by atoms with Gasteiger partial charge in [-0.1, -0.05) is 6.07 Å². The van der Waals surface area contributed by atoms with E-state index in [2.05, 4.69) is 29.5 Å². The fraction of sp³-hybridized carbons (Fsp3) is 0.308. The van der Waals surface area contributed by atoms with Crippen LogP contribution in [-0.4, -0.2) is 12.1 Å². The van der Waals surface area contributed by atoms with Crippen LogP contribution in [0.15, 0.2) is 12.1 Å². The van der Waals surface area contributed by atoms with Gasteiger partial charge < -0.3 is 4.74 Å². The highest BCUT2D eigenvalue weighted by Gasteiger charge is 2.22. The van der Waals surface area contributed by atoms with Crippen molar-refractivity contribution in [2.24, 2.45) is 5.84 Å². The molecule has 1 heterocycles. The zero-order valence-electron chi connectivity index (χ0n) is 10.4. The fourth-order valence-electron chi connectivity index (χ4n) is 2.44. The lowest BCUT2D eigenvalue weighted by molar-refractivity contribution is 0.411. The van der Waals surface area contributed by atoms with Gasteiger partial charge >= 0.3 is 0 Å². The Balaban J connectivity index is 2.18. The number of nitrogens with one attached hydrogen (secondary N) is 1. The highest BCUT2D eigenvalue weighted by molar-refractivity contribution is 7.16. The Labute approximate surface area is 110 Å². The molecule has 0 spiro atoms. The van der Waals surface area contributed by atoms with Crippen LogP contribution in [0.5, 0.6) is 5.75 Å². The zero-order valence-corrected chi connectivity index (χ0v) is 11.2. The summed E-state index contributed by atoms with van der Waals surface area (Å²) in [5, 5.41) is 0.771. The molecule has 1 aliphatic rings. The number of nitrogens with zero attached hydrogens (tertiary/aromatic N) is 1. The standard InChI is InChI=1S/C13H15N3OS/c1-7-5-8-3-4-11-12(15-13(16-14)18-11)9(8)6-10(7)17-2/h5-6H,3-4,14H2,1-2H3,(H,15,16). The molecule has 1 aromatic carbocycles. The number of methoxy groups -OCH3 is 1. The van der Waals surface area contributed by atoms with Gasteiger partial charge in [0.15, 0.2) is 5.13 Å². The summed E-state index contributed by atoms with van der Waals surface area (Å²) in [6.45, 7) is 2.07. The van der Waals surface area contributed by atoms with Gasteiger partial charge in [0.05, 0.1) is 12.8 Å². The highest BCUT2D eigenvalue weighted by atomic mass is 32.1. The van der Waals surface area contributed by atoms with E-state index in [0.29, 0.717) is 0 Å². The smallest absolute Gasteiger partial charge is 0.197 e. The quantitative estimate of drug-likeness (QED) is 0.644. The van der Waals surface area contributed by atoms with E-state index in [-0.39, 0.29) is 0 Å². The molecule has 0 fully saturated rings. The molecule has 2 aromatic rings. The van der Waals surface area contributed by atoms with E-state index in [9.17, 15) is 0 Å². The number of thiazole rings is 1. The number of hydrazine groups is 1. The Morgan fingerprint density at radius 1 is 1.39 bits per heavy atom. The average Bonchev–Trinajstić information content (AvgIpc) is 2.81. The first-order chi connectivity index (χ1) is 8.72. The largest absolute Gasteiger partial charge is 0.496 e. The van der Waals surface area contributed by atoms with Crippen molar-refractivity contribution in [3.63, 3.8) is 0 Å². The predicted octanol–water partition coefficient (Wildman–Crippen LogP) is 2.51. The minimum absolute atomic E-state index is 0.771. The predicted molar refractivity (Wildman–Crippen MR) is 74.1 cm³/mol. The maximum atomic E-state index is 5.44. The number of nitrogens with two attached hydrogens (primary N) is 1. The third-order valence-electron chi connectivity index (χ3n) is 3.32. The number of aromatic nitrogens is 1. The number of benzene rings is 1. The van der Waals surface area contributed by atoms with Crippen LogP contribution in [-0.2, 0) is 12.8 Å². The molecule has 3 rings (SSSR count). The molecule has 18 heavy (non-hydrogen) atoms. The number of rotatable bonds is 2. The molecule has 3 N–H and O–H groups in total. The summed E-state index contributed by atoms with van der Waals surface area (Å²) in [5.41, 5.74) is 7.37. The van der Waals surface area contributed by atoms with Gasteiger partial charge in [-0.25, -0.2) is 10.8 Å². The van der Waals surface area contributed by atoms with Crippen molar-refractivity contribution >= 4 is 16.5 Å². The van der Waals surface area contributed by atoms with Gasteiger partial charge in [0.25, 0.3) is 0 Å². The van der Waals surface area contributed by atoms with Crippen molar-refractivity contribution in [1.29, 1.82) is 0 Å². The fourth-order valence-corrected chi connectivity index (χ4v) is 3.32. The third-order valence-corrected chi connectivity index (χ3v) is 4.36. The molecular formula is C13H15N3OS. The normalized spacial score (nSPS) is 12.8. The van der Waals surface area contributed by atoms with Crippen LogP contribution in [0.2, 0.25) is 0 Å². The summed E-state index contributed by atoms with van der Waals surface area (Å²) < 4.78 is 5.39. The van der Waals surface area contributed by atoms with Gasteiger partial charge in [-0.2, -0.15) is 0 Å². The lowest BCUT2D eigenvalue weighted by atomic mass is 9.91. The second-order valence-corrected chi connectivity index (χ2v) is 5.50.